The number of hydrogen-bond acceptors (Lipinski definition) is 3. The summed E-state index contributed by atoms with van der Waals surface area (Å²) in [6.07, 6.45) is -0.560. The van der Waals surface area contributed by atoms with E-state index in [1.54, 1.807) is 44.7 Å². The monoisotopic (exact) mass is 346 g/mol. The van der Waals surface area contributed by atoms with E-state index in [0.29, 0.717) is 13.1 Å². The SMILES string of the molecule is CC#CC(=O)N1C[C@@H](NC(=O)OC(C)(C)C)[C@H](c2cccc(F)c2)C1. The molecule has 2 atom stereocenters. The molecule has 134 valence electrons. The smallest absolute Gasteiger partial charge is 0.407 e. The van der Waals surface area contributed by atoms with E-state index in [1.807, 2.05) is 0 Å². The van der Waals surface area contributed by atoms with Crippen LogP contribution in [0.1, 0.15) is 39.2 Å². The third-order valence-corrected chi connectivity index (χ3v) is 3.82. The van der Waals surface area contributed by atoms with Gasteiger partial charge in [0.05, 0.1) is 6.04 Å². The second kappa shape index (κ2) is 7.56. The number of amides is 2. The minimum Gasteiger partial charge on any atom is -0.444 e. The third kappa shape index (κ3) is 5.21. The maximum atomic E-state index is 13.6. The fourth-order valence-corrected chi connectivity index (χ4v) is 2.84. The number of nitrogens with zero attached hydrogens (tertiary/aromatic N) is 1. The van der Waals surface area contributed by atoms with Crippen LogP contribution in [0.3, 0.4) is 0 Å². The normalized spacial score (nSPS) is 19.8. The first-order valence-corrected chi connectivity index (χ1v) is 8.16. The summed E-state index contributed by atoms with van der Waals surface area (Å²) in [5.41, 5.74) is 0.0982. The van der Waals surface area contributed by atoms with Crippen LogP contribution >= 0.6 is 0 Å². The molecule has 2 rings (SSSR count). The van der Waals surface area contributed by atoms with Gasteiger partial charge in [-0.15, -0.1) is 0 Å². The first-order valence-electron chi connectivity index (χ1n) is 8.16. The van der Waals surface area contributed by atoms with Crippen LogP contribution in [0.15, 0.2) is 24.3 Å². The van der Waals surface area contributed by atoms with E-state index < -0.39 is 11.7 Å². The molecule has 6 heteroatoms. The molecule has 1 aliphatic rings. The summed E-state index contributed by atoms with van der Waals surface area (Å²) in [7, 11) is 0. The van der Waals surface area contributed by atoms with E-state index in [2.05, 4.69) is 17.2 Å². The third-order valence-electron chi connectivity index (χ3n) is 3.82. The molecule has 0 aromatic heterocycles. The van der Waals surface area contributed by atoms with Gasteiger partial charge in [0, 0.05) is 19.0 Å². The largest absolute Gasteiger partial charge is 0.444 e. The van der Waals surface area contributed by atoms with Crippen molar-refractivity contribution >= 4 is 12.0 Å². The predicted octanol–water partition coefficient (Wildman–Crippen LogP) is 2.67. The number of rotatable bonds is 2. The van der Waals surface area contributed by atoms with Crippen molar-refractivity contribution in [2.24, 2.45) is 0 Å². The van der Waals surface area contributed by atoms with Gasteiger partial charge in [0.2, 0.25) is 0 Å². The molecule has 1 aromatic carbocycles. The highest BCUT2D eigenvalue weighted by molar-refractivity contribution is 5.93. The molecular formula is C19H23FN2O3. The Morgan fingerprint density at radius 2 is 2.04 bits per heavy atom. The Labute approximate surface area is 147 Å². The number of nitrogens with one attached hydrogen (secondary N) is 1. The van der Waals surface area contributed by atoms with Gasteiger partial charge in [0.15, 0.2) is 0 Å². The number of carbonyl (C=O) groups is 2. The van der Waals surface area contributed by atoms with Crippen LogP contribution < -0.4 is 5.32 Å². The average Bonchev–Trinajstić information content (AvgIpc) is 2.89. The minimum atomic E-state index is -0.625. The second-order valence-electron chi connectivity index (χ2n) is 7.00. The maximum Gasteiger partial charge on any atom is 0.407 e. The summed E-state index contributed by atoms with van der Waals surface area (Å²) in [5.74, 6) is 4.19. The molecule has 0 unspecified atom stereocenters. The minimum absolute atomic E-state index is 0.231. The molecule has 0 radical (unpaired) electrons. The van der Waals surface area contributed by atoms with Gasteiger partial charge in [0.25, 0.3) is 5.91 Å². The maximum absolute atomic E-state index is 13.6. The van der Waals surface area contributed by atoms with Gasteiger partial charge in [-0.2, -0.15) is 0 Å². The van der Waals surface area contributed by atoms with Crippen LogP contribution in [0.4, 0.5) is 9.18 Å². The van der Waals surface area contributed by atoms with E-state index >= 15 is 0 Å². The van der Waals surface area contributed by atoms with Gasteiger partial charge in [-0.05, 0) is 51.3 Å². The topological polar surface area (TPSA) is 58.6 Å². The van der Waals surface area contributed by atoms with Gasteiger partial charge in [0.1, 0.15) is 11.4 Å². The first kappa shape index (κ1) is 18.8. The number of likely N-dealkylation sites (tertiary alicyclic amines) is 1. The molecule has 1 fully saturated rings. The Morgan fingerprint density at radius 3 is 2.64 bits per heavy atom. The molecule has 0 saturated carbocycles. The highest BCUT2D eigenvalue weighted by atomic mass is 19.1. The molecule has 1 aliphatic heterocycles. The van der Waals surface area contributed by atoms with Crippen molar-refractivity contribution in [2.75, 3.05) is 13.1 Å². The number of alkyl carbamates (subject to hydrolysis) is 1. The van der Waals surface area contributed by atoms with Crippen molar-refractivity contribution in [1.82, 2.24) is 10.2 Å². The first-order chi connectivity index (χ1) is 11.7. The van der Waals surface area contributed by atoms with Gasteiger partial charge < -0.3 is 15.0 Å². The Morgan fingerprint density at radius 1 is 1.32 bits per heavy atom. The Hall–Kier alpha value is -2.55. The highest BCUT2D eigenvalue weighted by Gasteiger charge is 2.37. The van der Waals surface area contributed by atoms with Crippen LogP contribution in [0.2, 0.25) is 0 Å². The van der Waals surface area contributed by atoms with E-state index in [0.717, 1.165) is 5.56 Å². The van der Waals surface area contributed by atoms with Gasteiger partial charge in [-0.3, -0.25) is 4.79 Å². The predicted molar refractivity (Wildman–Crippen MR) is 92.3 cm³/mol. The molecule has 1 N–H and O–H groups in total. The van der Waals surface area contributed by atoms with Crippen LogP contribution in [0.25, 0.3) is 0 Å². The van der Waals surface area contributed by atoms with Gasteiger partial charge in [-0.25, -0.2) is 9.18 Å². The van der Waals surface area contributed by atoms with Crippen molar-refractivity contribution in [1.29, 1.82) is 0 Å². The molecule has 5 nitrogen and oxygen atoms in total. The zero-order chi connectivity index (χ0) is 18.6. The fraction of sp³-hybridized carbons (Fsp3) is 0.474. The number of ether oxygens (including phenoxy) is 1. The lowest BCUT2D eigenvalue weighted by atomic mass is 9.94. The molecule has 1 heterocycles. The van der Waals surface area contributed by atoms with Crippen molar-refractivity contribution in [3.63, 3.8) is 0 Å². The zero-order valence-corrected chi connectivity index (χ0v) is 14.9. The van der Waals surface area contributed by atoms with Crippen molar-refractivity contribution < 1.29 is 18.7 Å². The highest BCUT2D eigenvalue weighted by Crippen LogP contribution is 2.28. The summed E-state index contributed by atoms with van der Waals surface area (Å²) >= 11 is 0. The Bertz CT molecular complexity index is 715. The zero-order valence-electron chi connectivity index (χ0n) is 14.9. The van der Waals surface area contributed by atoms with Crippen molar-refractivity contribution in [3.05, 3.63) is 35.6 Å². The molecule has 0 aliphatic carbocycles. The molecule has 0 bridgehead atoms. The molecule has 25 heavy (non-hydrogen) atoms. The Balaban J connectivity index is 2.21. The number of carbonyl (C=O) groups excluding carboxylic acids is 2. The molecule has 0 spiro atoms. The summed E-state index contributed by atoms with van der Waals surface area (Å²) in [6, 6.07) is 5.82. The standard InChI is InChI=1S/C19H23FN2O3/c1-5-7-17(23)22-11-15(13-8-6-9-14(20)10-13)16(12-22)21-18(24)25-19(2,3)4/h6,8-10,15-16H,11-12H2,1-4H3,(H,21,24)/t15-,16+/m0/s1. The van der Waals surface area contributed by atoms with Crippen molar-refractivity contribution in [3.8, 4) is 11.8 Å². The van der Waals surface area contributed by atoms with Crippen LogP contribution in [0.5, 0.6) is 0 Å². The van der Waals surface area contributed by atoms with Gasteiger partial charge >= 0.3 is 6.09 Å². The fourth-order valence-electron chi connectivity index (χ4n) is 2.84. The van der Waals surface area contributed by atoms with Crippen molar-refractivity contribution in [2.45, 2.75) is 45.3 Å². The number of halogens is 1. The van der Waals surface area contributed by atoms with Crippen LogP contribution in [0, 0.1) is 17.7 Å². The van der Waals surface area contributed by atoms with E-state index in [1.165, 1.54) is 12.1 Å². The molecule has 2 amide bonds. The molecular weight excluding hydrogens is 323 g/mol. The lowest BCUT2D eigenvalue weighted by molar-refractivity contribution is -0.124. The molecule has 1 aromatic rings. The van der Waals surface area contributed by atoms with E-state index in [4.69, 9.17) is 4.74 Å². The van der Waals surface area contributed by atoms with Gasteiger partial charge in [-0.1, -0.05) is 18.1 Å². The van der Waals surface area contributed by atoms with Crippen LogP contribution in [-0.4, -0.2) is 41.6 Å². The van der Waals surface area contributed by atoms with Crippen LogP contribution in [-0.2, 0) is 9.53 Å². The Kier molecular flexibility index (Phi) is 5.68. The summed E-state index contributed by atoms with van der Waals surface area (Å²) in [5, 5.41) is 2.80. The number of benzene rings is 1. The lowest BCUT2D eigenvalue weighted by Gasteiger charge is -2.24. The lowest BCUT2D eigenvalue weighted by Crippen LogP contribution is -2.43. The quantitative estimate of drug-likeness (QED) is 0.838. The van der Waals surface area contributed by atoms with E-state index in [9.17, 15) is 14.0 Å². The summed E-state index contributed by atoms with van der Waals surface area (Å²) in [4.78, 5) is 25.8. The number of hydrogen-bond donors (Lipinski definition) is 1. The second-order valence-corrected chi connectivity index (χ2v) is 7.00. The summed E-state index contributed by atoms with van der Waals surface area (Å²) < 4.78 is 18.9. The van der Waals surface area contributed by atoms with E-state index in [-0.39, 0.29) is 23.7 Å². The average molecular weight is 346 g/mol. The molecule has 1 saturated heterocycles. The summed E-state index contributed by atoms with van der Waals surface area (Å²) in [6.45, 7) is 7.58.